The molecule has 1 saturated heterocycles. The van der Waals surface area contributed by atoms with E-state index in [1.807, 2.05) is 11.0 Å². The number of fused-ring (bicyclic) bond motifs is 2. The van der Waals surface area contributed by atoms with Gasteiger partial charge in [-0.15, -0.1) is 0 Å². The topological polar surface area (TPSA) is 68.5 Å². The van der Waals surface area contributed by atoms with Crippen LogP contribution in [0, 0.1) is 5.41 Å². The first-order chi connectivity index (χ1) is 11.9. The van der Waals surface area contributed by atoms with Crippen LogP contribution in [-0.4, -0.2) is 46.2 Å². The highest BCUT2D eigenvalue weighted by atomic mass is 16.5. The van der Waals surface area contributed by atoms with Gasteiger partial charge in [-0.05, 0) is 37.2 Å². The van der Waals surface area contributed by atoms with Crippen molar-refractivity contribution in [1.82, 2.24) is 15.0 Å². The molecule has 6 nitrogen and oxygen atoms in total. The SMILES string of the molecule is CC(C)(C)Cc1noc2ncc(C(=O)N3CCOC4CCCC43)cc12. The standard InChI is InChI=1S/C19H25N3O3/c1-19(2,3)10-14-13-9-12(11-20-17(13)25-21-14)18(23)22-7-8-24-16-6-4-5-15(16)22/h9,11,15-16H,4-8,10H2,1-3H3. The van der Waals surface area contributed by atoms with E-state index in [-0.39, 0.29) is 23.5 Å². The fourth-order valence-corrected chi connectivity index (χ4v) is 3.97. The van der Waals surface area contributed by atoms with Crippen LogP contribution < -0.4 is 0 Å². The summed E-state index contributed by atoms with van der Waals surface area (Å²) >= 11 is 0. The minimum atomic E-state index is 0.0394. The number of nitrogens with zero attached hydrogens (tertiary/aromatic N) is 3. The molecule has 6 heteroatoms. The molecule has 3 heterocycles. The van der Waals surface area contributed by atoms with E-state index in [1.165, 1.54) is 0 Å². The molecule has 0 radical (unpaired) electrons. The van der Waals surface area contributed by atoms with E-state index in [0.29, 0.717) is 24.4 Å². The second-order valence-electron chi connectivity index (χ2n) is 8.35. The average Bonchev–Trinajstić information content (AvgIpc) is 3.19. The predicted octanol–water partition coefficient (Wildman–Crippen LogP) is 3.20. The quantitative estimate of drug-likeness (QED) is 0.837. The van der Waals surface area contributed by atoms with Crippen LogP contribution in [-0.2, 0) is 11.2 Å². The molecule has 0 bridgehead atoms. The number of carbonyl (C=O) groups is 1. The fourth-order valence-electron chi connectivity index (χ4n) is 3.97. The molecule has 25 heavy (non-hydrogen) atoms. The monoisotopic (exact) mass is 343 g/mol. The highest BCUT2D eigenvalue weighted by molar-refractivity contribution is 5.97. The Labute approximate surface area is 147 Å². The summed E-state index contributed by atoms with van der Waals surface area (Å²) in [6.45, 7) is 7.74. The van der Waals surface area contributed by atoms with Gasteiger partial charge >= 0.3 is 0 Å². The van der Waals surface area contributed by atoms with E-state index in [9.17, 15) is 4.79 Å². The molecule has 1 amide bonds. The van der Waals surface area contributed by atoms with E-state index in [0.717, 1.165) is 36.8 Å². The van der Waals surface area contributed by atoms with Crippen molar-refractivity contribution in [3.8, 4) is 0 Å². The van der Waals surface area contributed by atoms with Gasteiger partial charge < -0.3 is 14.2 Å². The second kappa shape index (κ2) is 6.09. The minimum Gasteiger partial charge on any atom is -0.374 e. The maximum atomic E-state index is 13.1. The zero-order valence-electron chi connectivity index (χ0n) is 15.1. The third-order valence-electron chi connectivity index (χ3n) is 5.09. The van der Waals surface area contributed by atoms with Crippen LogP contribution in [0.5, 0.6) is 0 Å². The lowest BCUT2D eigenvalue weighted by Gasteiger charge is -2.37. The van der Waals surface area contributed by atoms with Crippen LogP contribution in [0.3, 0.4) is 0 Å². The van der Waals surface area contributed by atoms with Gasteiger partial charge in [0, 0.05) is 12.7 Å². The van der Waals surface area contributed by atoms with E-state index >= 15 is 0 Å². The number of hydrogen-bond acceptors (Lipinski definition) is 5. The smallest absolute Gasteiger partial charge is 0.257 e. The van der Waals surface area contributed by atoms with Crippen molar-refractivity contribution in [3.63, 3.8) is 0 Å². The van der Waals surface area contributed by atoms with Gasteiger partial charge in [0.15, 0.2) is 0 Å². The fraction of sp³-hybridized carbons (Fsp3) is 0.632. The summed E-state index contributed by atoms with van der Waals surface area (Å²) in [6.07, 6.45) is 5.78. The number of aromatic nitrogens is 2. The van der Waals surface area contributed by atoms with Crippen LogP contribution in [0.25, 0.3) is 11.1 Å². The molecular formula is C19H25N3O3. The van der Waals surface area contributed by atoms with E-state index in [2.05, 4.69) is 30.9 Å². The molecule has 0 aromatic carbocycles. The lowest BCUT2D eigenvalue weighted by molar-refractivity contribution is -0.0445. The molecule has 1 aliphatic carbocycles. The van der Waals surface area contributed by atoms with Crippen molar-refractivity contribution in [3.05, 3.63) is 23.5 Å². The van der Waals surface area contributed by atoms with Crippen molar-refractivity contribution < 1.29 is 14.1 Å². The Morgan fingerprint density at radius 1 is 1.36 bits per heavy atom. The van der Waals surface area contributed by atoms with Crippen LogP contribution in [0.15, 0.2) is 16.8 Å². The summed E-state index contributed by atoms with van der Waals surface area (Å²) in [5, 5.41) is 5.01. The summed E-state index contributed by atoms with van der Waals surface area (Å²) in [6, 6.07) is 2.09. The Morgan fingerprint density at radius 2 is 2.20 bits per heavy atom. The molecule has 2 aromatic rings. The molecule has 1 saturated carbocycles. The normalized spacial score (nSPS) is 23.9. The molecule has 2 aliphatic rings. The maximum Gasteiger partial charge on any atom is 0.257 e. The average molecular weight is 343 g/mol. The molecule has 4 rings (SSSR count). The number of amides is 1. The van der Waals surface area contributed by atoms with Crippen molar-refractivity contribution in [2.75, 3.05) is 13.2 Å². The third-order valence-corrected chi connectivity index (χ3v) is 5.09. The number of hydrogen-bond donors (Lipinski definition) is 0. The molecule has 2 fully saturated rings. The van der Waals surface area contributed by atoms with Gasteiger partial charge in [0.2, 0.25) is 0 Å². The van der Waals surface area contributed by atoms with Gasteiger partial charge in [-0.3, -0.25) is 4.79 Å². The van der Waals surface area contributed by atoms with E-state index in [4.69, 9.17) is 9.26 Å². The van der Waals surface area contributed by atoms with Crippen LogP contribution in [0.4, 0.5) is 0 Å². The third kappa shape index (κ3) is 3.15. The van der Waals surface area contributed by atoms with Gasteiger partial charge in [0.25, 0.3) is 11.6 Å². The number of carbonyl (C=O) groups excluding carboxylic acids is 1. The van der Waals surface area contributed by atoms with Gasteiger partial charge in [0.05, 0.1) is 35.4 Å². The van der Waals surface area contributed by atoms with Crippen molar-refractivity contribution in [2.45, 2.75) is 58.6 Å². The molecule has 0 N–H and O–H groups in total. The molecule has 2 unspecified atom stereocenters. The van der Waals surface area contributed by atoms with Crippen LogP contribution >= 0.6 is 0 Å². The van der Waals surface area contributed by atoms with Crippen LogP contribution in [0.1, 0.15) is 56.1 Å². The first-order valence-corrected chi connectivity index (χ1v) is 9.09. The lowest BCUT2D eigenvalue weighted by Crippen LogP contribution is -2.51. The molecule has 0 spiro atoms. The van der Waals surface area contributed by atoms with Crippen molar-refractivity contribution >= 4 is 17.0 Å². The Morgan fingerprint density at radius 3 is 3.00 bits per heavy atom. The Balaban J connectivity index is 1.64. The molecule has 2 atom stereocenters. The molecule has 134 valence electrons. The summed E-state index contributed by atoms with van der Waals surface area (Å²) in [4.78, 5) is 19.4. The highest BCUT2D eigenvalue weighted by Gasteiger charge is 2.38. The number of morpholine rings is 1. The lowest BCUT2D eigenvalue weighted by atomic mass is 9.89. The van der Waals surface area contributed by atoms with Crippen LogP contribution in [0.2, 0.25) is 0 Å². The minimum absolute atomic E-state index is 0.0394. The molecular weight excluding hydrogens is 318 g/mol. The Hall–Kier alpha value is -1.95. The Bertz CT molecular complexity index is 793. The van der Waals surface area contributed by atoms with Gasteiger partial charge in [-0.25, -0.2) is 4.98 Å². The zero-order chi connectivity index (χ0) is 17.6. The summed E-state index contributed by atoms with van der Waals surface area (Å²) < 4.78 is 11.2. The summed E-state index contributed by atoms with van der Waals surface area (Å²) in [5.74, 6) is 0.0394. The molecule has 1 aliphatic heterocycles. The second-order valence-corrected chi connectivity index (χ2v) is 8.35. The number of ether oxygens (including phenoxy) is 1. The first-order valence-electron chi connectivity index (χ1n) is 9.09. The Kier molecular flexibility index (Phi) is 4.02. The van der Waals surface area contributed by atoms with Gasteiger partial charge in [-0.2, -0.15) is 0 Å². The number of pyridine rings is 1. The maximum absolute atomic E-state index is 13.1. The number of rotatable bonds is 2. The van der Waals surface area contributed by atoms with Crippen molar-refractivity contribution in [2.24, 2.45) is 5.41 Å². The van der Waals surface area contributed by atoms with Gasteiger partial charge in [-0.1, -0.05) is 25.9 Å². The van der Waals surface area contributed by atoms with E-state index in [1.54, 1.807) is 6.20 Å². The van der Waals surface area contributed by atoms with Gasteiger partial charge in [0.1, 0.15) is 0 Å². The summed E-state index contributed by atoms with van der Waals surface area (Å²) in [5.41, 5.74) is 2.06. The predicted molar refractivity (Wildman–Crippen MR) is 93.4 cm³/mol. The highest BCUT2D eigenvalue weighted by Crippen LogP contribution is 2.31. The molecule has 2 aromatic heterocycles. The summed E-state index contributed by atoms with van der Waals surface area (Å²) in [7, 11) is 0. The largest absolute Gasteiger partial charge is 0.374 e. The zero-order valence-corrected chi connectivity index (χ0v) is 15.1. The van der Waals surface area contributed by atoms with Crippen molar-refractivity contribution in [1.29, 1.82) is 0 Å². The first kappa shape index (κ1) is 16.5. The van der Waals surface area contributed by atoms with E-state index < -0.39 is 0 Å².